The van der Waals surface area contributed by atoms with Crippen molar-refractivity contribution in [2.24, 2.45) is 0 Å². The lowest BCUT2D eigenvalue weighted by molar-refractivity contribution is 0.0953. The van der Waals surface area contributed by atoms with Crippen LogP contribution >= 0.6 is 11.8 Å². The van der Waals surface area contributed by atoms with Crippen LogP contribution in [-0.4, -0.2) is 34.6 Å². The van der Waals surface area contributed by atoms with Gasteiger partial charge in [-0.15, -0.1) is 10.2 Å². The summed E-state index contributed by atoms with van der Waals surface area (Å²) in [6.07, 6.45) is 2.23. The quantitative estimate of drug-likeness (QED) is 0.269. The number of hydrogen-bond acceptors (Lipinski definition) is 7. The summed E-state index contributed by atoms with van der Waals surface area (Å²) >= 11 is 1.57. The summed E-state index contributed by atoms with van der Waals surface area (Å²) in [5.74, 6) is 2.17. The molecule has 5 rings (SSSR count). The van der Waals surface area contributed by atoms with Gasteiger partial charge in [0.25, 0.3) is 0 Å². The van der Waals surface area contributed by atoms with Gasteiger partial charge in [0.15, 0.2) is 11.0 Å². The lowest BCUT2D eigenvalue weighted by Crippen LogP contribution is -2.16. The molecule has 8 heteroatoms. The lowest BCUT2D eigenvalue weighted by Gasteiger charge is -2.15. The van der Waals surface area contributed by atoms with Crippen molar-refractivity contribution in [3.8, 4) is 17.1 Å². The summed E-state index contributed by atoms with van der Waals surface area (Å²) in [6, 6.07) is 13.4. The maximum Gasteiger partial charge on any atom is 0.336 e. The smallest absolute Gasteiger partial charge is 0.336 e. The van der Waals surface area contributed by atoms with Gasteiger partial charge in [-0.2, -0.15) is 0 Å². The molecule has 4 aromatic rings. The summed E-state index contributed by atoms with van der Waals surface area (Å²) < 4.78 is 18.8. The zero-order valence-corrected chi connectivity index (χ0v) is 20.4. The molecule has 1 atom stereocenters. The second-order valence-electron chi connectivity index (χ2n) is 8.59. The number of benzene rings is 2. The number of thioether (sulfide) groups is 1. The van der Waals surface area contributed by atoms with Crippen molar-refractivity contribution >= 4 is 22.7 Å². The number of aromatic nitrogens is 3. The molecule has 0 bridgehead atoms. The van der Waals surface area contributed by atoms with Gasteiger partial charge < -0.3 is 13.9 Å². The van der Waals surface area contributed by atoms with E-state index < -0.39 is 0 Å². The Morgan fingerprint density at radius 1 is 1.12 bits per heavy atom. The molecule has 0 N–H and O–H groups in total. The Bertz CT molecular complexity index is 1370. The third-order valence-electron chi connectivity index (χ3n) is 6.28. The lowest BCUT2D eigenvalue weighted by atomic mass is 10.0. The van der Waals surface area contributed by atoms with Gasteiger partial charge in [0.05, 0.1) is 19.8 Å². The minimum Gasteiger partial charge on any atom is -0.497 e. The summed E-state index contributed by atoms with van der Waals surface area (Å²) in [5, 5.41) is 10.8. The average molecular weight is 478 g/mol. The summed E-state index contributed by atoms with van der Waals surface area (Å²) in [6.45, 7) is 5.56. The van der Waals surface area contributed by atoms with E-state index in [-0.39, 0.29) is 11.7 Å². The van der Waals surface area contributed by atoms with Crippen LogP contribution in [0.2, 0.25) is 0 Å². The van der Waals surface area contributed by atoms with E-state index in [4.69, 9.17) is 13.9 Å². The maximum absolute atomic E-state index is 12.2. The van der Waals surface area contributed by atoms with Crippen LogP contribution in [0.4, 0.5) is 0 Å². The molecule has 34 heavy (non-hydrogen) atoms. The summed E-state index contributed by atoms with van der Waals surface area (Å²) in [5.41, 5.74) is 4.43. The molecule has 7 nitrogen and oxygen atoms in total. The van der Waals surface area contributed by atoms with Gasteiger partial charge in [0.1, 0.15) is 11.3 Å². The van der Waals surface area contributed by atoms with Gasteiger partial charge >= 0.3 is 5.63 Å². The molecule has 0 saturated carbocycles. The fourth-order valence-corrected chi connectivity index (χ4v) is 5.19. The normalized spacial score (nSPS) is 15.8. The molecule has 2 aromatic heterocycles. The van der Waals surface area contributed by atoms with Crippen molar-refractivity contribution < 1.29 is 13.9 Å². The highest BCUT2D eigenvalue weighted by Gasteiger charge is 2.22. The predicted molar refractivity (Wildman–Crippen MR) is 133 cm³/mol. The molecule has 176 valence electrons. The van der Waals surface area contributed by atoms with Crippen LogP contribution in [0, 0.1) is 13.8 Å². The molecule has 1 aliphatic heterocycles. The SMILES string of the molecule is COc1ccc(-c2nnc(SCc3cc(=O)oc4cc(C)c(C)cc34)n2CC2CCCO2)cc1. The molecule has 0 spiro atoms. The van der Waals surface area contributed by atoms with Crippen LogP contribution < -0.4 is 10.4 Å². The average Bonchev–Trinajstić information content (AvgIpc) is 3.49. The monoisotopic (exact) mass is 477 g/mol. The Morgan fingerprint density at radius 2 is 1.91 bits per heavy atom. The first kappa shape index (κ1) is 22.7. The Kier molecular flexibility index (Phi) is 6.43. The molecule has 1 saturated heterocycles. The molecule has 0 amide bonds. The van der Waals surface area contributed by atoms with E-state index in [9.17, 15) is 4.79 Å². The number of rotatable bonds is 7. The number of nitrogens with zero attached hydrogens (tertiary/aromatic N) is 3. The summed E-state index contributed by atoms with van der Waals surface area (Å²) in [7, 11) is 1.65. The van der Waals surface area contributed by atoms with Crippen molar-refractivity contribution in [3.05, 3.63) is 69.6 Å². The van der Waals surface area contributed by atoms with Gasteiger partial charge in [-0.25, -0.2) is 4.79 Å². The first-order valence-electron chi connectivity index (χ1n) is 11.4. The molecule has 3 heterocycles. The third kappa shape index (κ3) is 4.60. The van der Waals surface area contributed by atoms with E-state index >= 15 is 0 Å². The van der Waals surface area contributed by atoms with E-state index in [0.717, 1.165) is 63.8 Å². The van der Waals surface area contributed by atoms with Crippen LogP contribution in [0.3, 0.4) is 0 Å². The molecule has 1 aliphatic rings. The van der Waals surface area contributed by atoms with Gasteiger partial charge in [-0.05, 0) is 79.8 Å². The molecule has 1 fully saturated rings. The minimum absolute atomic E-state index is 0.141. The van der Waals surface area contributed by atoms with Crippen molar-refractivity contribution in [3.63, 3.8) is 0 Å². The van der Waals surface area contributed by atoms with Crippen molar-refractivity contribution in [1.29, 1.82) is 0 Å². The molecule has 2 aromatic carbocycles. The zero-order valence-electron chi connectivity index (χ0n) is 19.5. The standard InChI is InChI=1S/C26H27N3O4S/c1-16-11-22-19(13-24(30)33-23(22)12-17(16)2)15-34-26-28-27-25(18-6-8-20(31-3)9-7-18)29(26)14-21-5-4-10-32-21/h6-9,11-13,21H,4-5,10,14-15H2,1-3H3. The number of methoxy groups -OCH3 is 1. The van der Waals surface area contributed by atoms with E-state index in [1.807, 2.05) is 37.3 Å². The third-order valence-corrected chi connectivity index (χ3v) is 7.29. The van der Waals surface area contributed by atoms with Crippen molar-refractivity contribution in [2.45, 2.75) is 50.2 Å². The fraction of sp³-hybridized carbons (Fsp3) is 0.346. The number of hydrogen-bond donors (Lipinski definition) is 0. The number of fused-ring (bicyclic) bond motifs is 1. The Morgan fingerprint density at radius 3 is 2.65 bits per heavy atom. The predicted octanol–water partition coefficient (Wildman–Crippen LogP) is 5.15. The maximum atomic E-state index is 12.2. The highest BCUT2D eigenvalue weighted by molar-refractivity contribution is 7.98. The topological polar surface area (TPSA) is 79.4 Å². The highest BCUT2D eigenvalue weighted by Crippen LogP contribution is 2.31. The Hall–Kier alpha value is -3.10. The second kappa shape index (κ2) is 9.64. The van der Waals surface area contributed by atoms with Crippen LogP contribution in [0.5, 0.6) is 5.75 Å². The largest absolute Gasteiger partial charge is 0.497 e. The zero-order chi connectivity index (χ0) is 23.7. The fourth-order valence-electron chi connectivity index (χ4n) is 4.25. The molecule has 1 unspecified atom stereocenters. The Labute approximate surface area is 202 Å². The van der Waals surface area contributed by atoms with Crippen LogP contribution in [-0.2, 0) is 17.0 Å². The first-order valence-corrected chi connectivity index (χ1v) is 12.4. The van der Waals surface area contributed by atoms with Crippen LogP contribution in [0.25, 0.3) is 22.4 Å². The van der Waals surface area contributed by atoms with Gasteiger partial charge in [0.2, 0.25) is 0 Å². The summed E-state index contributed by atoms with van der Waals surface area (Å²) in [4.78, 5) is 12.2. The molecular formula is C26H27N3O4S. The Balaban J connectivity index is 1.48. The molecule has 0 radical (unpaired) electrons. The van der Waals surface area contributed by atoms with Gasteiger partial charge in [-0.1, -0.05) is 11.8 Å². The van der Waals surface area contributed by atoms with E-state index in [1.54, 1.807) is 24.9 Å². The minimum atomic E-state index is -0.342. The highest BCUT2D eigenvalue weighted by atomic mass is 32.2. The molecular weight excluding hydrogens is 450 g/mol. The van der Waals surface area contributed by atoms with E-state index in [0.29, 0.717) is 17.9 Å². The van der Waals surface area contributed by atoms with Crippen molar-refractivity contribution in [2.75, 3.05) is 13.7 Å². The van der Waals surface area contributed by atoms with Crippen LogP contribution in [0.1, 0.15) is 29.5 Å². The van der Waals surface area contributed by atoms with Crippen molar-refractivity contribution in [1.82, 2.24) is 14.8 Å². The number of ether oxygens (including phenoxy) is 2. The second-order valence-corrected chi connectivity index (χ2v) is 9.53. The number of aryl methyl sites for hydroxylation is 2. The van der Waals surface area contributed by atoms with E-state index in [1.165, 1.54) is 0 Å². The first-order chi connectivity index (χ1) is 16.5. The van der Waals surface area contributed by atoms with Crippen LogP contribution in [0.15, 0.2) is 56.8 Å². The van der Waals surface area contributed by atoms with Gasteiger partial charge in [0, 0.05) is 29.4 Å². The van der Waals surface area contributed by atoms with E-state index in [2.05, 4.69) is 27.8 Å². The molecule has 0 aliphatic carbocycles. The van der Waals surface area contributed by atoms with Gasteiger partial charge in [-0.3, -0.25) is 4.57 Å².